The van der Waals surface area contributed by atoms with E-state index in [2.05, 4.69) is 9.97 Å². The SMILES string of the molecule is NCCc1nc(Cl)ncc1[N+](=O)[O-]. The van der Waals surface area contributed by atoms with E-state index in [-0.39, 0.29) is 23.2 Å². The molecule has 0 saturated carbocycles. The summed E-state index contributed by atoms with van der Waals surface area (Å²) in [6, 6.07) is 0. The number of aromatic nitrogens is 2. The summed E-state index contributed by atoms with van der Waals surface area (Å²) in [5.41, 5.74) is 5.38. The van der Waals surface area contributed by atoms with Crippen LogP contribution in [0.15, 0.2) is 6.20 Å². The minimum Gasteiger partial charge on any atom is -0.330 e. The highest BCUT2D eigenvalue weighted by Crippen LogP contribution is 2.16. The van der Waals surface area contributed by atoms with Crippen molar-refractivity contribution < 1.29 is 4.92 Å². The van der Waals surface area contributed by atoms with Crippen molar-refractivity contribution in [3.8, 4) is 0 Å². The highest BCUT2D eigenvalue weighted by Gasteiger charge is 2.15. The van der Waals surface area contributed by atoms with Crippen molar-refractivity contribution in [1.29, 1.82) is 0 Å². The molecule has 0 aliphatic heterocycles. The summed E-state index contributed by atoms with van der Waals surface area (Å²) in [4.78, 5) is 17.1. The highest BCUT2D eigenvalue weighted by atomic mass is 35.5. The van der Waals surface area contributed by atoms with Gasteiger partial charge in [0.15, 0.2) is 0 Å². The van der Waals surface area contributed by atoms with Crippen LogP contribution in [0.2, 0.25) is 5.28 Å². The first-order valence-electron chi connectivity index (χ1n) is 3.51. The normalized spacial score (nSPS) is 10.0. The minimum atomic E-state index is -0.554. The summed E-state index contributed by atoms with van der Waals surface area (Å²) in [5.74, 6) is 0. The van der Waals surface area contributed by atoms with Crippen molar-refractivity contribution in [2.45, 2.75) is 6.42 Å². The molecule has 0 atom stereocenters. The van der Waals surface area contributed by atoms with Crippen LogP contribution in [0.25, 0.3) is 0 Å². The highest BCUT2D eigenvalue weighted by molar-refractivity contribution is 6.28. The lowest BCUT2D eigenvalue weighted by atomic mass is 10.2. The van der Waals surface area contributed by atoms with Crippen LogP contribution in [0.1, 0.15) is 5.69 Å². The lowest BCUT2D eigenvalue weighted by Crippen LogP contribution is -2.08. The van der Waals surface area contributed by atoms with Crippen LogP contribution in [-0.4, -0.2) is 21.4 Å². The fraction of sp³-hybridized carbons (Fsp3) is 0.333. The number of hydrogen-bond acceptors (Lipinski definition) is 5. The van der Waals surface area contributed by atoms with Crippen LogP contribution < -0.4 is 5.73 Å². The molecule has 1 aromatic heterocycles. The molecule has 0 saturated heterocycles. The first-order valence-corrected chi connectivity index (χ1v) is 3.89. The van der Waals surface area contributed by atoms with Crippen LogP contribution in [-0.2, 0) is 6.42 Å². The second kappa shape index (κ2) is 4.11. The molecule has 0 unspecified atom stereocenters. The molecular weight excluding hydrogens is 196 g/mol. The van der Waals surface area contributed by atoms with Crippen LogP contribution in [0, 0.1) is 10.1 Å². The largest absolute Gasteiger partial charge is 0.330 e. The predicted molar refractivity (Wildman–Crippen MR) is 46.5 cm³/mol. The summed E-state index contributed by atoms with van der Waals surface area (Å²) in [6.07, 6.45) is 1.40. The Balaban J connectivity index is 3.10. The van der Waals surface area contributed by atoms with Crippen molar-refractivity contribution in [1.82, 2.24) is 9.97 Å². The van der Waals surface area contributed by atoms with Gasteiger partial charge in [0, 0.05) is 6.42 Å². The van der Waals surface area contributed by atoms with Gasteiger partial charge in [0.2, 0.25) is 5.28 Å². The number of nitro groups is 1. The lowest BCUT2D eigenvalue weighted by Gasteiger charge is -1.98. The van der Waals surface area contributed by atoms with Crippen molar-refractivity contribution in [3.05, 3.63) is 27.3 Å². The maximum Gasteiger partial charge on any atom is 0.309 e. The number of nitrogens with two attached hydrogens (primary N) is 1. The van der Waals surface area contributed by atoms with E-state index in [4.69, 9.17) is 17.3 Å². The number of hydrogen-bond donors (Lipinski definition) is 1. The summed E-state index contributed by atoms with van der Waals surface area (Å²) >= 11 is 5.47. The zero-order valence-corrected chi connectivity index (χ0v) is 7.36. The van der Waals surface area contributed by atoms with Crippen LogP contribution in [0.5, 0.6) is 0 Å². The molecule has 6 nitrogen and oxygen atoms in total. The monoisotopic (exact) mass is 202 g/mol. The van der Waals surface area contributed by atoms with E-state index in [0.717, 1.165) is 6.20 Å². The lowest BCUT2D eigenvalue weighted by molar-refractivity contribution is -0.386. The van der Waals surface area contributed by atoms with Crippen molar-refractivity contribution in [2.75, 3.05) is 6.54 Å². The van der Waals surface area contributed by atoms with Gasteiger partial charge in [0.25, 0.3) is 0 Å². The molecule has 70 valence electrons. The van der Waals surface area contributed by atoms with Crippen LogP contribution in [0.3, 0.4) is 0 Å². The molecule has 0 aromatic carbocycles. The Morgan fingerprint density at radius 3 is 2.92 bits per heavy atom. The predicted octanol–water partition coefficient (Wildman–Crippen LogP) is 0.539. The van der Waals surface area contributed by atoms with E-state index in [1.807, 2.05) is 0 Å². The molecule has 7 heteroatoms. The first-order chi connectivity index (χ1) is 6.15. The van der Waals surface area contributed by atoms with E-state index >= 15 is 0 Å². The molecule has 1 heterocycles. The van der Waals surface area contributed by atoms with Crippen LogP contribution >= 0.6 is 11.6 Å². The Morgan fingerprint density at radius 2 is 2.38 bits per heavy atom. The van der Waals surface area contributed by atoms with Gasteiger partial charge in [-0.25, -0.2) is 9.97 Å². The average molecular weight is 203 g/mol. The second-order valence-electron chi connectivity index (χ2n) is 2.27. The van der Waals surface area contributed by atoms with Gasteiger partial charge < -0.3 is 5.73 Å². The number of rotatable bonds is 3. The molecule has 0 amide bonds. The summed E-state index contributed by atoms with van der Waals surface area (Å²) in [5, 5.41) is 10.4. The number of halogens is 1. The molecule has 1 rings (SSSR count). The molecule has 0 aliphatic rings. The Bertz CT molecular complexity index is 330. The Kier molecular flexibility index (Phi) is 3.10. The zero-order valence-electron chi connectivity index (χ0n) is 6.61. The molecular formula is C6H7ClN4O2. The van der Waals surface area contributed by atoms with E-state index < -0.39 is 4.92 Å². The fourth-order valence-corrected chi connectivity index (χ4v) is 1.01. The Labute approximate surface area is 78.9 Å². The maximum atomic E-state index is 10.4. The van der Waals surface area contributed by atoms with E-state index in [1.165, 1.54) is 0 Å². The first kappa shape index (κ1) is 9.82. The van der Waals surface area contributed by atoms with E-state index in [9.17, 15) is 10.1 Å². The molecule has 0 radical (unpaired) electrons. The Hall–Kier alpha value is -1.27. The molecule has 0 bridgehead atoms. The van der Waals surface area contributed by atoms with Gasteiger partial charge in [0.1, 0.15) is 11.9 Å². The van der Waals surface area contributed by atoms with Crippen molar-refractivity contribution in [2.24, 2.45) is 5.73 Å². The van der Waals surface area contributed by atoms with Crippen molar-refractivity contribution in [3.63, 3.8) is 0 Å². The van der Waals surface area contributed by atoms with Gasteiger partial charge >= 0.3 is 5.69 Å². The van der Waals surface area contributed by atoms with Gasteiger partial charge in [-0.3, -0.25) is 10.1 Å². The van der Waals surface area contributed by atoms with Gasteiger partial charge in [-0.1, -0.05) is 0 Å². The van der Waals surface area contributed by atoms with E-state index in [0.29, 0.717) is 6.42 Å². The van der Waals surface area contributed by atoms with Crippen LogP contribution in [0.4, 0.5) is 5.69 Å². The topological polar surface area (TPSA) is 94.9 Å². The van der Waals surface area contributed by atoms with Gasteiger partial charge in [0.05, 0.1) is 4.92 Å². The quantitative estimate of drug-likeness (QED) is 0.439. The molecule has 0 fully saturated rings. The third-order valence-corrected chi connectivity index (χ3v) is 1.58. The minimum absolute atomic E-state index is 0.00551. The Morgan fingerprint density at radius 1 is 1.69 bits per heavy atom. The average Bonchev–Trinajstić information content (AvgIpc) is 2.04. The standard InChI is InChI=1S/C6H7ClN4O2/c7-6-9-3-5(11(12)13)4(10-6)1-2-8/h3H,1-2,8H2. The third kappa shape index (κ3) is 2.33. The molecule has 1 aromatic rings. The smallest absolute Gasteiger partial charge is 0.309 e. The number of nitrogens with zero attached hydrogens (tertiary/aromatic N) is 3. The molecule has 0 spiro atoms. The molecule has 13 heavy (non-hydrogen) atoms. The molecule has 0 aliphatic carbocycles. The van der Waals surface area contributed by atoms with Gasteiger partial charge in [-0.05, 0) is 18.1 Å². The zero-order chi connectivity index (χ0) is 9.84. The third-order valence-electron chi connectivity index (χ3n) is 1.39. The summed E-state index contributed by atoms with van der Waals surface area (Å²) < 4.78 is 0. The van der Waals surface area contributed by atoms with Crippen molar-refractivity contribution >= 4 is 17.3 Å². The van der Waals surface area contributed by atoms with E-state index in [1.54, 1.807) is 0 Å². The second-order valence-corrected chi connectivity index (χ2v) is 2.60. The molecule has 2 N–H and O–H groups in total. The fourth-order valence-electron chi connectivity index (χ4n) is 0.860. The van der Waals surface area contributed by atoms with Gasteiger partial charge in [-0.2, -0.15) is 0 Å². The maximum absolute atomic E-state index is 10.4. The van der Waals surface area contributed by atoms with Gasteiger partial charge in [-0.15, -0.1) is 0 Å². The summed E-state index contributed by atoms with van der Waals surface area (Å²) in [7, 11) is 0. The summed E-state index contributed by atoms with van der Waals surface area (Å²) in [6.45, 7) is 0.286.